The zero-order valence-electron chi connectivity index (χ0n) is 11.5. The van der Waals surface area contributed by atoms with Gasteiger partial charge in [0.15, 0.2) is 0 Å². The summed E-state index contributed by atoms with van der Waals surface area (Å²) in [6.07, 6.45) is -0.0904. The van der Waals surface area contributed by atoms with E-state index in [1.807, 2.05) is 13.8 Å². The molecule has 19 heavy (non-hydrogen) atoms. The van der Waals surface area contributed by atoms with Gasteiger partial charge in [0.05, 0.1) is 17.6 Å². The summed E-state index contributed by atoms with van der Waals surface area (Å²) in [5, 5.41) is 0. The van der Waals surface area contributed by atoms with Gasteiger partial charge in [0.25, 0.3) is 0 Å². The van der Waals surface area contributed by atoms with Crippen LogP contribution in [0, 0.1) is 6.92 Å². The number of rotatable bonds is 2. The molecule has 1 aromatic carbocycles. The Bertz CT molecular complexity index is 571. The summed E-state index contributed by atoms with van der Waals surface area (Å²) >= 11 is 0. The van der Waals surface area contributed by atoms with Gasteiger partial charge >= 0.3 is 0 Å². The normalized spacial score (nSPS) is 25.4. The molecule has 1 aliphatic heterocycles. The van der Waals surface area contributed by atoms with E-state index in [4.69, 9.17) is 10.5 Å². The molecule has 0 aromatic heterocycles. The maximum atomic E-state index is 12.7. The summed E-state index contributed by atoms with van der Waals surface area (Å²) in [4.78, 5) is 0.286. The van der Waals surface area contributed by atoms with Gasteiger partial charge in [0.2, 0.25) is 10.0 Å². The van der Waals surface area contributed by atoms with Crippen LogP contribution in [0.5, 0.6) is 0 Å². The minimum Gasteiger partial charge on any atom is -0.398 e. The number of nitrogens with two attached hydrogens (primary N) is 1. The van der Waals surface area contributed by atoms with Crippen molar-refractivity contribution in [2.45, 2.75) is 37.8 Å². The number of anilines is 1. The second-order valence-corrected chi connectivity index (χ2v) is 6.90. The van der Waals surface area contributed by atoms with Crippen LogP contribution in [0.25, 0.3) is 0 Å². The van der Waals surface area contributed by atoms with Crippen LogP contribution in [0.15, 0.2) is 23.1 Å². The second-order valence-electron chi connectivity index (χ2n) is 5.04. The first-order valence-corrected chi connectivity index (χ1v) is 7.76. The van der Waals surface area contributed by atoms with Gasteiger partial charge in [-0.1, -0.05) is 6.07 Å². The van der Waals surface area contributed by atoms with Crippen molar-refractivity contribution in [3.05, 3.63) is 23.8 Å². The van der Waals surface area contributed by atoms with Gasteiger partial charge in [-0.3, -0.25) is 0 Å². The molecule has 0 spiro atoms. The monoisotopic (exact) mass is 284 g/mol. The van der Waals surface area contributed by atoms with Crippen LogP contribution in [0.3, 0.4) is 0 Å². The Morgan fingerprint density at radius 3 is 2.74 bits per heavy atom. The molecule has 2 rings (SSSR count). The molecule has 0 radical (unpaired) electrons. The van der Waals surface area contributed by atoms with Gasteiger partial charge in [-0.25, -0.2) is 8.42 Å². The van der Waals surface area contributed by atoms with E-state index in [1.54, 1.807) is 25.1 Å². The smallest absolute Gasteiger partial charge is 0.243 e. The molecule has 1 aromatic rings. The topological polar surface area (TPSA) is 72.6 Å². The zero-order valence-corrected chi connectivity index (χ0v) is 12.3. The lowest BCUT2D eigenvalue weighted by Gasteiger charge is -2.36. The molecule has 2 atom stereocenters. The van der Waals surface area contributed by atoms with Gasteiger partial charge in [0.1, 0.15) is 0 Å². The minimum atomic E-state index is -3.52. The van der Waals surface area contributed by atoms with Crippen molar-refractivity contribution in [2.24, 2.45) is 0 Å². The van der Waals surface area contributed by atoms with Crippen LogP contribution in [-0.2, 0) is 14.8 Å². The minimum absolute atomic E-state index is 0.0904. The summed E-state index contributed by atoms with van der Waals surface area (Å²) in [7, 11) is -3.52. The van der Waals surface area contributed by atoms with E-state index in [0.29, 0.717) is 24.4 Å². The lowest BCUT2D eigenvalue weighted by molar-refractivity contribution is -0.0170. The van der Waals surface area contributed by atoms with Crippen LogP contribution in [0.2, 0.25) is 0 Å². The van der Waals surface area contributed by atoms with E-state index in [2.05, 4.69) is 0 Å². The summed E-state index contributed by atoms with van der Waals surface area (Å²) in [6.45, 7) is 6.25. The fourth-order valence-electron chi connectivity index (χ4n) is 2.24. The van der Waals surface area contributed by atoms with Crippen LogP contribution in [-0.4, -0.2) is 38.0 Å². The number of ether oxygens (including phenoxy) is 1. The number of nitrogens with zero attached hydrogens (tertiary/aromatic N) is 1. The van der Waals surface area contributed by atoms with E-state index in [9.17, 15) is 8.42 Å². The third-order valence-corrected chi connectivity index (χ3v) is 5.59. The van der Waals surface area contributed by atoms with Gasteiger partial charge in [-0.15, -0.1) is 0 Å². The molecular weight excluding hydrogens is 264 g/mol. The van der Waals surface area contributed by atoms with E-state index >= 15 is 0 Å². The van der Waals surface area contributed by atoms with Gasteiger partial charge < -0.3 is 10.5 Å². The number of sulfonamides is 1. The molecule has 1 heterocycles. The lowest BCUT2D eigenvalue weighted by Crippen LogP contribution is -2.50. The third kappa shape index (κ3) is 2.61. The molecule has 0 saturated carbocycles. The average Bonchev–Trinajstić information content (AvgIpc) is 2.35. The number of hydrogen-bond donors (Lipinski definition) is 1. The quantitative estimate of drug-likeness (QED) is 0.833. The van der Waals surface area contributed by atoms with Crippen molar-refractivity contribution in [3.8, 4) is 0 Å². The number of morpholine rings is 1. The van der Waals surface area contributed by atoms with Crippen molar-refractivity contribution < 1.29 is 13.2 Å². The molecule has 1 fully saturated rings. The molecule has 2 N–H and O–H groups in total. The van der Waals surface area contributed by atoms with Crippen LogP contribution in [0.4, 0.5) is 5.69 Å². The van der Waals surface area contributed by atoms with Crippen molar-refractivity contribution >= 4 is 15.7 Å². The Labute approximate surface area is 114 Å². The predicted molar refractivity (Wildman–Crippen MR) is 74.4 cm³/mol. The molecule has 0 aliphatic carbocycles. The fraction of sp³-hybridized carbons (Fsp3) is 0.538. The highest BCUT2D eigenvalue weighted by Crippen LogP contribution is 2.27. The van der Waals surface area contributed by atoms with E-state index < -0.39 is 10.0 Å². The fourth-order valence-corrected chi connectivity index (χ4v) is 4.19. The van der Waals surface area contributed by atoms with Crippen LogP contribution >= 0.6 is 0 Å². The summed E-state index contributed by atoms with van der Waals surface area (Å²) in [6, 6.07) is 4.82. The second kappa shape index (κ2) is 5.11. The SMILES string of the molecule is Cc1c(N)cccc1S(=O)(=O)N1CC(C)OCC1C. The zero-order chi connectivity index (χ0) is 14.2. The molecular formula is C13H20N2O3S. The largest absolute Gasteiger partial charge is 0.398 e. The van der Waals surface area contributed by atoms with Crippen LogP contribution in [0.1, 0.15) is 19.4 Å². The molecule has 5 nitrogen and oxygen atoms in total. The maximum Gasteiger partial charge on any atom is 0.243 e. The summed E-state index contributed by atoms with van der Waals surface area (Å²) < 4.78 is 32.4. The van der Waals surface area contributed by atoms with Gasteiger partial charge in [0, 0.05) is 18.3 Å². The molecule has 1 saturated heterocycles. The highest BCUT2D eigenvalue weighted by atomic mass is 32.2. The highest BCUT2D eigenvalue weighted by molar-refractivity contribution is 7.89. The number of nitrogen functional groups attached to an aromatic ring is 1. The molecule has 2 unspecified atom stereocenters. The predicted octanol–water partition coefficient (Wildman–Crippen LogP) is 1.38. The van der Waals surface area contributed by atoms with Crippen molar-refractivity contribution in [2.75, 3.05) is 18.9 Å². The van der Waals surface area contributed by atoms with Crippen molar-refractivity contribution in [3.63, 3.8) is 0 Å². The third-order valence-electron chi connectivity index (χ3n) is 3.46. The Kier molecular flexibility index (Phi) is 3.85. The Morgan fingerprint density at radius 2 is 2.05 bits per heavy atom. The summed E-state index contributed by atoms with van der Waals surface area (Å²) in [5.74, 6) is 0. The highest BCUT2D eigenvalue weighted by Gasteiger charge is 2.35. The first-order valence-electron chi connectivity index (χ1n) is 6.32. The summed E-state index contributed by atoms with van der Waals surface area (Å²) in [5.41, 5.74) is 6.90. The molecule has 6 heteroatoms. The molecule has 1 aliphatic rings. The van der Waals surface area contributed by atoms with Crippen LogP contribution < -0.4 is 5.73 Å². The van der Waals surface area contributed by atoms with Crippen molar-refractivity contribution in [1.29, 1.82) is 0 Å². The first-order chi connectivity index (χ1) is 8.84. The van der Waals surface area contributed by atoms with E-state index in [-0.39, 0.29) is 17.0 Å². The maximum absolute atomic E-state index is 12.7. The van der Waals surface area contributed by atoms with Crippen molar-refractivity contribution in [1.82, 2.24) is 4.31 Å². The number of hydrogen-bond acceptors (Lipinski definition) is 4. The Balaban J connectivity index is 2.44. The molecule has 106 valence electrons. The standard InChI is InChI=1S/C13H20N2O3S/c1-9-8-18-10(2)7-15(9)19(16,17)13-6-4-5-12(14)11(13)3/h4-6,9-10H,7-8,14H2,1-3H3. The Hall–Kier alpha value is -1.11. The number of benzene rings is 1. The molecule has 0 amide bonds. The van der Waals surface area contributed by atoms with Gasteiger partial charge in [-0.2, -0.15) is 4.31 Å². The van der Waals surface area contributed by atoms with E-state index in [0.717, 1.165) is 0 Å². The Morgan fingerprint density at radius 1 is 1.37 bits per heavy atom. The molecule has 0 bridgehead atoms. The average molecular weight is 284 g/mol. The van der Waals surface area contributed by atoms with E-state index in [1.165, 1.54) is 4.31 Å². The lowest BCUT2D eigenvalue weighted by atomic mass is 10.2. The van der Waals surface area contributed by atoms with Gasteiger partial charge in [-0.05, 0) is 38.5 Å². The first kappa shape index (κ1) is 14.3.